The predicted octanol–water partition coefficient (Wildman–Crippen LogP) is 4.99. The lowest BCUT2D eigenvalue weighted by atomic mass is 10.1. The number of hydrogen-bond donors (Lipinski definition) is 2. The molecule has 0 unspecified atom stereocenters. The van der Waals surface area contributed by atoms with Crippen molar-refractivity contribution in [2.24, 2.45) is 5.10 Å². The lowest BCUT2D eigenvalue weighted by Crippen LogP contribution is -2.36. The monoisotopic (exact) mass is 491 g/mol. The number of thiazole rings is 1. The molecule has 3 aromatic rings. The van der Waals surface area contributed by atoms with E-state index < -0.39 is 11.7 Å². The van der Waals surface area contributed by atoms with Crippen LogP contribution in [0.3, 0.4) is 0 Å². The van der Waals surface area contributed by atoms with E-state index in [1.165, 1.54) is 29.5 Å². The number of morpholine rings is 1. The number of nitrogens with zero attached hydrogens (tertiary/aromatic N) is 3. The average molecular weight is 492 g/mol. The van der Waals surface area contributed by atoms with Crippen LogP contribution in [0.25, 0.3) is 11.3 Å². The minimum absolute atomic E-state index is 0.0536. The Labute approximate surface area is 198 Å². The quantitative estimate of drug-likeness (QED) is 0.298. The van der Waals surface area contributed by atoms with Gasteiger partial charge in [-0.15, -0.1) is 0 Å². The molecule has 11 heteroatoms. The number of nitrogens with one attached hydrogen (secondary N) is 2. The summed E-state index contributed by atoms with van der Waals surface area (Å²) in [5.74, 6) is 0. The van der Waals surface area contributed by atoms with Gasteiger partial charge in [0.2, 0.25) is 0 Å². The summed E-state index contributed by atoms with van der Waals surface area (Å²) in [4.78, 5) is 7.76. The number of anilines is 2. The smallest absolute Gasteiger partial charge is 0.378 e. The Morgan fingerprint density at radius 1 is 1.09 bits per heavy atom. The number of alkyl halides is 3. The molecule has 4 rings (SSSR count). The zero-order valence-corrected chi connectivity index (χ0v) is 18.9. The summed E-state index contributed by atoms with van der Waals surface area (Å²) in [7, 11) is 0. The third kappa shape index (κ3) is 5.86. The van der Waals surface area contributed by atoms with Gasteiger partial charge in [-0.2, -0.15) is 18.3 Å². The van der Waals surface area contributed by atoms with E-state index in [2.05, 4.69) is 20.7 Å². The Balaban J connectivity index is 1.51. The molecule has 1 aliphatic rings. The molecule has 2 heterocycles. The second-order valence-electron chi connectivity index (χ2n) is 7.04. The number of hydrogen-bond acceptors (Lipinski definition) is 6. The highest BCUT2D eigenvalue weighted by molar-refractivity contribution is 7.80. The molecule has 1 aromatic heterocycles. The molecule has 2 aromatic carbocycles. The summed E-state index contributed by atoms with van der Waals surface area (Å²) in [5, 5.41) is 7.51. The van der Waals surface area contributed by atoms with Crippen molar-refractivity contribution in [1.82, 2.24) is 10.4 Å². The molecule has 2 N–H and O–H groups in total. The molecule has 0 aliphatic carbocycles. The van der Waals surface area contributed by atoms with Crippen molar-refractivity contribution >= 4 is 45.7 Å². The first-order valence-corrected chi connectivity index (χ1v) is 11.3. The number of ether oxygens (including phenoxy) is 1. The van der Waals surface area contributed by atoms with E-state index in [1.54, 1.807) is 6.21 Å². The van der Waals surface area contributed by atoms with Gasteiger partial charge in [0, 0.05) is 18.7 Å². The third-order valence-electron chi connectivity index (χ3n) is 4.80. The molecule has 1 fully saturated rings. The Bertz CT molecular complexity index is 1130. The second kappa shape index (κ2) is 10.3. The van der Waals surface area contributed by atoms with Gasteiger partial charge in [-0.25, -0.2) is 4.98 Å². The predicted molar refractivity (Wildman–Crippen MR) is 129 cm³/mol. The molecule has 6 nitrogen and oxygen atoms in total. The van der Waals surface area contributed by atoms with Crippen LogP contribution in [-0.4, -0.2) is 42.6 Å². The maximum absolute atomic E-state index is 13.2. The summed E-state index contributed by atoms with van der Waals surface area (Å²) in [6.07, 6.45) is -2.92. The Morgan fingerprint density at radius 2 is 1.79 bits per heavy atom. The van der Waals surface area contributed by atoms with Crippen molar-refractivity contribution in [3.05, 3.63) is 65.0 Å². The van der Waals surface area contributed by atoms with E-state index in [-0.39, 0.29) is 10.8 Å². The number of hydrazone groups is 1. The lowest BCUT2D eigenvalue weighted by molar-refractivity contribution is -0.136. The molecular formula is C22H20F3N5OS2. The SMILES string of the molecule is FC(F)(F)c1ccccc1NC(=S)N/N=C\c1sc(N2CCOCC2)nc1-c1ccccc1. The van der Waals surface area contributed by atoms with E-state index in [0.29, 0.717) is 13.2 Å². The average Bonchev–Trinajstić information content (AvgIpc) is 3.24. The number of para-hydroxylation sites is 1. The van der Waals surface area contributed by atoms with E-state index in [4.69, 9.17) is 21.9 Å². The molecule has 33 heavy (non-hydrogen) atoms. The van der Waals surface area contributed by atoms with Crippen LogP contribution in [0, 0.1) is 0 Å². The highest BCUT2D eigenvalue weighted by atomic mass is 32.1. The van der Waals surface area contributed by atoms with Crippen LogP contribution in [-0.2, 0) is 10.9 Å². The van der Waals surface area contributed by atoms with Crippen molar-refractivity contribution < 1.29 is 17.9 Å². The van der Waals surface area contributed by atoms with Crippen LogP contribution in [0.5, 0.6) is 0 Å². The molecule has 0 amide bonds. The van der Waals surface area contributed by atoms with E-state index in [9.17, 15) is 13.2 Å². The molecule has 0 spiro atoms. The van der Waals surface area contributed by atoms with Gasteiger partial charge in [-0.1, -0.05) is 53.8 Å². The zero-order chi connectivity index (χ0) is 23.3. The van der Waals surface area contributed by atoms with Crippen molar-refractivity contribution in [2.75, 3.05) is 36.5 Å². The topological polar surface area (TPSA) is 61.8 Å². The number of halogens is 3. The minimum Gasteiger partial charge on any atom is -0.378 e. The van der Waals surface area contributed by atoms with Gasteiger partial charge >= 0.3 is 6.18 Å². The van der Waals surface area contributed by atoms with Gasteiger partial charge in [0.05, 0.1) is 41.3 Å². The summed E-state index contributed by atoms with van der Waals surface area (Å²) in [6.45, 7) is 2.79. The van der Waals surface area contributed by atoms with Gasteiger partial charge in [0.25, 0.3) is 0 Å². The van der Waals surface area contributed by atoms with Gasteiger partial charge in [-0.3, -0.25) is 5.43 Å². The van der Waals surface area contributed by atoms with Crippen molar-refractivity contribution in [3.8, 4) is 11.3 Å². The standard InChI is InChI=1S/C22H20F3N5OS2/c23-22(24,25)16-8-4-5-9-17(16)27-20(32)29-26-14-18-19(15-6-2-1-3-7-15)28-21(33-18)30-10-12-31-13-11-30/h1-9,14H,10-13H2,(H2,27,29,32)/b26-14-. The molecule has 1 aliphatic heterocycles. The summed E-state index contributed by atoms with van der Waals surface area (Å²) in [6, 6.07) is 14.8. The highest BCUT2D eigenvalue weighted by Crippen LogP contribution is 2.35. The van der Waals surface area contributed by atoms with Crippen LogP contribution in [0.1, 0.15) is 10.4 Å². The lowest BCUT2D eigenvalue weighted by Gasteiger charge is -2.26. The zero-order valence-electron chi connectivity index (χ0n) is 17.3. The first-order valence-electron chi connectivity index (χ1n) is 10.1. The van der Waals surface area contributed by atoms with Crippen LogP contribution in [0.2, 0.25) is 0 Å². The number of aromatic nitrogens is 1. The first-order chi connectivity index (χ1) is 15.9. The fourth-order valence-corrected chi connectivity index (χ4v) is 4.41. The molecule has 0 atom stereocenters. The third-order valence-corrected chi connectivity index (χ3v) is 6.04. The van der Waals surface area contributed by atoms with Gasteiger partial charge in [0.15, 0.2) is 10.2 Å². The van der Waals surface area contributed by atoms with Gasteiger partial charge < -0.3 is 15.0 Å². The minimum atomic E-state index is -4.49. The number of benzene rings is 2. The molecule has 172 valence electrons. The van der Waals surface area contributed by atoms with Crippen molar-refractivity contribution in [2.45, 2.75) is 6.18 Å². The second-order valence-corrected chi connectivity index (χ2v) is 8.46. The first kappa shape index (κ1) is 23.1. The number of rotatable bonds is 5. The number of thiocarbonyl (C=S) groups is 1. The fraction of sp³-hybridized carbons (Fsp3) is 0.227. The van der Waals surface area contributed by atoms with Gasteiger partial charge in [-0.05, 0) is 24.4 Å². The largest absolute Gasteiger partial charge is 0.418 e. The molecular weight excluding hydrogens is 471 g/mol. The Morgan fingerprint density at radius 3 is 2.52 bits per heavy atom. The van der Waals surface area contributed by atoms with E-state index >= 15 is 0 Å². The maximum Gasteiger partial charge on any atom is 0.418 e. The molecule has 0 radical (unpaired) electrons. The fourth-order valence-electron chi connectivity index (χ4n) is 3.24. The maximum atomic E-state index is 13.2. The summed E-state index contributed by atoms with van der Waals surface area (Å²) < 4.78 is 45.0. The van der Waals surface area contributed by atoms with Gasteiger partial charge in [0.1, 0.15) is 0 Å². The molecule has 1 saturated heterocycles. The Hall–Kier alpha value is -3.02. The van der Waals surface area contributed by atoms with Crippen LogP contribution in [0.4, 0.5) is 24.0 Å². The van der Waals surface area contributed by atoms with Crippen LogP contribution < -0.4 is 15.6 Å². The van der Waals surface area contributed by atoms with E-state index in [0.717, 1.165) is 40.4 Å². The Kier molecular flexibility index (Phi) is 7.21. The summed E-state index contributed by atoms with van der Waals surface area (Å²) in [5.41, 5.74) is 3.36. The van der Waals surface area contributed by atoms with Crippen molar-refractivity contribution in [1.29, 1.82) is 0 Å². The molecule has 0 bridgehead atoms. The van der Waals surface area contributed by atoms with E-state index in [1.807, 2.05) is 30.3 Å². The summed E-state index contributed by atoms with van der Waals surface area (Å²) >= 11 is 6.61. The van der Waals surface area contributed by atoms with Crippen LogP contribution in [0.15, 0.2) is 59.7 Å². The normalized spacial score (nSPS) is 14.5. The van der Waals surface area contributed by atoms with Crippen LogP contribution >= 0.6 is 23.6 Å². The molecule has 0 saturated carbocycles. The highest BCUT2D eigenvalue weighted by Gasteiger charge is 2.33. The van der Waals surface area contributed by atoms with Crippen molar-refractivity contribution in [3.63, 3.8) is 0 Å².